The summed E-state index contributed by atoms with van der Waals surface area (Å²) in [4.78, 5) is 26.7. The number of rotatable bonds is 4. The Labute approximate surface area is 121 Å². The van der Waals surface area contributed by atoms with E-state index in [1.807, 2.05) is 13.0 Å². The molecule has 0 aliphatic heterocycles. The molecule has 108 valence electrons. The van der Waals surface area contributed by atoms with Crippen LogP contribution in [0.3, 0.4) is 0 Å². The second kappa shape index (κ2) is 6.00. The van der Waals surface area contributed by atoms with Crippen LogP contribution in [0.5, 0.6) is 0 Å². The number of aromatic nitrogens is 1. The van der Waals surface area contributed by atoms with Gasteiger partial charge in [0.25, 0.3) is 11.6 Å². The Morgan fingerprint density at radius 2 is 2.10 bits per heavy atom. The summed E-state index contributed by atoms with van der Waals surface area (Å²) in [6, 6.07) is 7.65. The normalized spacial score (nSPS) is 10.0. The molecule has 0 spiro atoms. The summed E-state index contributed by atoms with van der Waals surface area (Å²) in [6.07, 6.45) is 1.56. The molecule has 1 aromatic carbocycles. The number of pyridine rings is 1. The minimum absolute atomic E-state index is 0.142. The molecular formula is C14H14N4O3. The predicted octanol–water partition coefficient (Wildman–Crippen LogP) is 2.59. The summed E-state index contributed by atoms with van der Waals surface area (Å²) in [5, 5.41) is 16.3. The number of carbonyl (C=O) groups excluding carboxylic acids is 1. The van der Waals surface area contributed by atoms with Crippen molar-refractivity contribution in [1.29, 1.82) is 0 Å². The van der Waals surface area contributed by atoms with Crippen LogP contribution in [-0.4, -0.2) is 22.9 Å². The fraction of sp³-hybridized carbons (Fsp3) is 0.143. The summed E-state index contributed by atoms with van der Waals surface area (Å²) in [6.45, 7) is 1.81. The number of nitrogens with one attached hydrogen (secondary N) is 2. The molecule has 7 heteroatoms. The van der Waals surface area contributed by atoms with Crippen molar-refractivity contribution in [2.24, 2.45) is 0 Å². The molecule has 0 fully saturated rings. The molecule has 0 aliphatic carbocycles. The van der Waals surface area contributed by atoms with Crippen molar-refractivity contribution in [2.75, 3.05) is 17.7 Å². The molecule has 2 N–H and O–H groups in total. The molecule has 1 aromatic heterocycles. The smallest absolute Gasteiger partial charge is 0.270 e. The Morgan fingerprint density at radius 1 is 1.33 bits per heavy atom. The average Bonchev–Trinajstić information content (AvgIpc) is 2.48. The van der Waals surface area contributed by atoms with Crippen molar-refractivity contribution < 1.29 is 9.72 Å². The third kappa shape index (κ3) is 3.14. The topological polar surface area (TPSA) is 97.2 Å². The van der Waals surface area contributed by atoms with Crippen molar-refractivity contribution in [3.63, 3.8) is 0 Å². The van der Waals surface area contributed by atoms with Gasteiger partial charge in [0.2, 0.25) is 0 Å². The Bertz CT molecular complexity index is 700. The Balaban J connectivity index is 2.36. The maximum atomic E-state index is 12.3. The van der Waals surface area contributed by atoms with Crippen LogP contribution < -0.4 is 10.6 Å². The lowest BCUT2D eigenvalue weighted by Crippen LogP contribution is -2.16. The van der Waals surface area contributed by atoms with Crippen molar-refractivity contribution in [1.82, 2.24) is 4.98 Å². The van der Waals surface area contributed by atoms with Crippen molar-refractivity contribution in [3.8, 4) is 0 Å². The first-order valence-electron chi connectivity index (χ1n) is 6.22. The van der Waals surface area contributed by atoms with Gasteiger partial charge >= 0.3 is 0 Å². The standard InChI is InChI=1S/C14H14N4O3/c1-9-4-3-7-16-13(9)17-14(19)11-8-10(18(20)21)5-6-12(11)15-2/h3-8,15H,1-2H3,(H,16,17,19). The highest BCUT2D eigenvalue weighted by Crippen LogP contribution is 2.23. The molecule has 0 bridgehead atoms. The molecule has 7 nitrogen and oxygen atoms in total. The molecule has 0 saturated heterocycles. The van der Waals surface area contributed by atoms with E-state index in [1.165, 1.54) is 18.2 Å². The molecule has 0 radical (unpaired) electrons. The number of hydrogen-bond acceptors (Lipinski definition) is 5. The molecule has 2 rings (SSSR count). The SMILES string of the molecule is CNc1ccc([N+](=O)[O-])cc1C(=O)Nc1ncccc1C. The molecule has 1 heterocycles. The average molecular weight is 286 g/mol. The molecule has 0 unspecified atom stereocenters. The predicted molar refractivity (Wildman–Crippen MR) is 79.6 cm³/mol. The van der Waals surface area contributed by atoms with Gasteiger partial charge in [-0.25, -0.2) is 4.98 Å². The largest absolute Gasteiger partial charge is 0.387 e. The van der Waals surface area contributed by atoms with Crippen LogP contribution in [-0.2, 0) is 0 Å². The third-order valence-electron chi connectivity index (χ3n) is 2.97. The first-order valence-corrected chi connectivity index (χ1v) is 6.22. The number of benzene rings is 1. The fourth-order valence-corrected chi connectivity index (χ4v) is 1.84. The van der Waals surface area contributed by atoms with Crippen molar-refractivity contribution in [2.45, 2.75) is 6.92 Å². The van der Waals surface area contributed by atoms with Gasteiger partial charge in [-0.05, 0) is 24.6 Å². The molecule has 0 aliphatic rings. The van der Waals surface area contributed by atoms with Gasteiger partial charge in [0.05, 0.1) is 10.5 Å². The summed E-state index contributed by atoms with van der Waals surface area (Å²) >= 11 is 0. The molecule has 2 aromatic rings. The fourth-order valence-electron chi connectivity index (χ4n) is 1.84. The highest BCUT2D eigenvalue weighted by molar-refractivity contribution is 6.08. The number of nitro benzene ring substituents is 1. The highest BCUT2D eigenvalue weighted by atomic mass is 16.6. The van der Waals surface area contributed by atoms with Gasteiger partial charge in [-0.15, -0.1) is 0 Å². The van der Waals surface area contributed by atoms with Crippen LogP contribution >= 0.6 is 0 Å². The molecule has 1 amide bonds. The van der Waals surface area contributed by atoms with E-state index in [2.05, 4.69) is 15.6 Å². The van der Waals surface area contributed by atoms with E-state index in [9.17, 15) is 14.9 Å². The van der Waals surface area contributed by atoms with E-state index in [-0.39, 0.29) is 11.3 Å². The minimum Gasteiger partial charge on any atom is -0.387 e. The second-order valence-electron chi connectivity index (χ2n) is 4.36. The number of nitro groups is 1. The van der Waals surface area contributed by atoms with Crippen LogP contribution in [0.4, 0.5) is 17.2 Å². The summed E-state index contributed by atoms with van der Waals surface area (Å²) in [5.41, 5.74) is 1.36. The number of aryl methyl sites for hydroxylation is 1. The van der Waals surface area contributed by atoms with E-state index in [0.29, 0.717) is 11.5 Å². The molecule has 0 atom stereocenters. The first-order chi connectivity index (χ1) is 10.0. The van der Waals surface area contributed by atoms with Gasteiger partial charge < -0.3 is 10.6 Å². The first kappa shape index (κ1) is 14.4. The lowest BCUT2D eigenvalue weighted by atomic mass is 10.1. The van der Waals surface area contributed by atoms with Crippen LogP contribution in [0.2, 0.25) is 0 Å². The number of nitrogens with zero attached hydrogens (tertiary/aromatic N) is 2. The van der Waals surface area contributed by atoms with Crippen molar-refractivity contribution in [3.05, 3.63) is 57.8 Å². The van der Waals surface area contributed by atoms with E-state index in [0.717, 1.165) is 5.56 Å². The summed E-state index contributed by atoms with van der Waals surface area (Å²) < 4.78 is 0. The van der Waals surface area contributed by atoms with Crippen LogP contribution in [0.25, 0.3) is 0 Å². The van der Waals surface area contributed by atoms with Gasteiger partial charge in [-0.1, -0.05) is 6.07 Å². The Kier molecular flexibility index (Phi) is 4.13. The molecule has 0 saturated carbocycles. The van der Waals surface area contributed by atoms with Crippen LogP contribution in [0.15, 0.2) is 36.5 Å². The molecule has 21 heavy (non-hydrogen) atoms. The third-order valence-corrected chi connectivity index (χ3v) is 2.97. The van der Waals surface area contributed by atoms with Gasteiger partial charge in [-0.2, -0.15) is 0 Å². The number of hydrogen-bond donors (Lipinski definition) is 2. The van der Waals surface area contributed by atoms with Crippen LogP contribution in [0, 0.1) is 17.0 Å². The Hall–Kier alpha value is -2.96. The lowest BCUT2D eigenvalue weighted by Gasteiger charge is -2.10. The van der Waals surface area contributed by atoms with E-state index < -0.39 is 10.8 Å². The van der Waals surface area contributed by atoms with E-state index >= 15 is 0 Å². The number of carbonyl (C=O) groups is 1. The molecular weight excluding hydrogens is 272 g/mol. The van der Waals surface area contributed by atoms with Gasteiger partial charge in [0.1, 0.15) is 5.82 Å². The van der Waals surface area contributed by atoms with Gasteiger partial charge in [0.15, 0.2) is 0 Å². The number of non-ortho nitro benzene ring substituents is 1. The van der Waals surface area contributed by atoms with E-state index in [4.69, 9.17) is 0 Å². The minimum atomic E-state index is -0.539. The van der Waals surface area contributed by atoms with Gasteiger partial charge in [-0.3, -0.25) is 14.9 Å². The van der Waals surface area contributed by atoms with Gasteiger partial charge in [0, 0.05) is 31.1 Å². The highest BCUT2D eigenvalue weighted by Gasteiger charge is 2.17. The second-order valence-corrected chi connectivity index (χ2v) is 4.36. The zero-order valence-electron chi connectivity index (χ0n) is 11.6. The van der Waals surface area contributed by atoms with Crippen molar-refractivity contribution >= 4 is 23.1 Å². The zero-order chi connectivity index (χ0) is 15.4. The monoisotopic (exact) mass is 286 g/mol. The number of anilines is 2. The number of amides is 1. The zero-order valence-corrected chi connectivity index (χ0v) is 11.6. The summed E-state index contributed by atoms with van der Waals surface area (Å²) in [5.74, 6) is -0.0269. The lowest BCUT2D eigenvalue weighted by molar-refractivity contribution is -0.384. The summed E-state index contributed by atoms with van der Waals surface area (Å²) in [7, 11) is 1.64. The van der Waals surface area contributed by atoms with Crippen LogP contribution in [0.1, 0.15) is 15.9 Å². The quantitative estimate of drug-likeness (QED) is 0.665. The maximum absolute atomic E-state index is 12.3. The van der Waals surface area contributed by atoms with E-state index in [1.54, 1.807) is 19.3 Å². The maximum Gasteiger partial charge on any atom is 0.270 e. The Morgan fingerprint density at radius 3 is 2.71 bits per heavy atom.